The summed E-state index contributed by atoms with van der Waals surface area (Å²) in [5.74, 6) is 0.604. The molecule has 2 unspecified atom stereocenters. The lowest BCUT2D eigenvalue weighted by Crippen LogP contribution is -2.44. The summed E-state index contributed by atoms with van der Waals surface area (Å²) in [7, 11) is 1.58. The molecule has 0 bridgehead atoms. The van der Waals surface area contributed by atoms with E-state index in [0.717, 1.165) is 31.5 Å². The summed E-state index contributed by atoms with van der Waals surface area (Å²) in [6.07, 6.45) is -0.966. The van der Waals surface area contributed by atoms with Gasteiger partial charge in [-0.25, -0.2) is 0 Å². The van der Waals surface area contributed by atoms with Crippen molar-refractivity contribution in [1.82, 2.24) is 25.2 Å². The molecule has 0 aromatic carbocycles. The van der Waals surface area contributed by atoms with E-state index in [1.807, 2.05) is 0 Å². The molecule has 1 saturated carbocycles. The van der Waals surface area contributed by atoms with Crippen molar-refractivity contribution in [2.75, 3.05) is 7.05 Å². The van der Waals surface area contributed by atoms with Gasteiger partial charge in [0.2, 0.25) is 0 Å². The molecule has 27 heavy (non-hydrogen) atoms. The number of pyridine rings is 1. The van der Waals surface area contributed by atoms with E-state index < -0.39 is 11.7 Å². The van der Waals surface area contributed by atoms with Crippen molar-refractivity contribution in [2.24, 2.45) is 10.9 Å². The van der Waals surface area contributed by atoms with Crippen LogP contribution in [0.2, 0.25) is 5.02 Å². The van der Waals surface area contributed by atoms with E-state index in [1.54, 1.807) is 7.05 Å². The predicted molar refractivity (Wildman–Crippen MR) is 93.1 cm³/mol. The Labute approximate surface area is 158 Å². The normalized spacial score (nSPS) is 20.7. The highest BCUT2D eigenvalue weighted by molar-refractivity contribution is 6.33. The number of hydrogen-bond acceptors (Lipinski definition) is 4. The quantitative estimate of drug-likeness (QED) is 0.611. The van der Waals surface area contributed by atoms with Crippen LogP contribution in [0.15, 0.2) is 17.3 Å². The molecule has 0 amide bonds. The largest absolute Gasteiger partial charge is 0.417 e. The molecule has 1 aliphatic rings. The average molecular weight is 400 g/mol. The molecule has 144 valence electrons. The molecular formula is C16H17ClF3N7. The Kier molecular flexibility index (Phi) is 5.41. The third kappa shape index (κ3) is 4.08. The van der Waals surface area contributed by atoms with Crippen LogP contribution in [0.1, 0.15) is 30.7 Å². The molecular weight excluding hydrogens is 383 g/mol. The Balaban J connectivity index is 1.76. The van der Waals surface area contributed by atoms with Crippen molar-refractivity contribution in [2.45, 2.75) is 38.0 Å². The number of aromatic nitrogens is 3. The first-order valence-electron chi connectivity index (χ1n) is 8.30. The standard InChI is InChI=1S/C16H17ClF3N7/c1-22-15(24-12-4-2-3-9(12)6-21)23-7-13-25-26-14-11(17)5-10(8-27(13)14)16(18,19)20/h5,8-9,12H,2-4,7H2,1H3,(H2,22,23,24). The van der Waals surface area contributed by atoms with Crippen molar-refractivity contribution in [3.05, 3.63) is 28.7 Å². The van der Waals surface area contributed by atoms with Crippen molar-refractivity contribution in [3.63, 3.8) is 0 Å². The minimum atomic E-state index is -4.53. The number of hydrogen-bond donors (Lipinski definition) is 2. The lowest BCUT2D eigenvalue weighted by Gasteiger charge is -2.19. The first-order chi connectivity index (χ1) is 12.8. The van der Waals surface area contributed by atoms with Crippen LogP contribution in [0.4, 0.5) is 13.2 Å². The van der Waals surface area contributed by atoms with Crippen LogP contribution in [-0.4, -0.2) is 33.6 Å². The molecule has 2 aromatic heterocycles. The van der Waals surface area contributed by atoms with E-state index in [9.17, 15) is 13.2 Å². The summed E-state index contributed by atoms with van der Waals surface area (Å²) >= 11 is 5.91. The van der Waals surface area contributed by atoms with Crippen LogP contribution < -0.4 is 10.6 Å². The smallest absolute Gasteiger partial charge is 0.352 e. The maximum absolute atomic E-state index is 13.0. The topological polar surface area (TPSA) is 90.4 Å². The Morgan fingerprint density at radius 1 is 1.44 bits per heavy atom. The van der Waals surface area contributed by atoms with Gasteiger partial charge < -0.3 is 10.6 Å². The van der Waals surface area contributed by atoms with E-state index in [1.165, 1.54) is 4.40 Å². The van der Waals surface area contributed by atoms with Crippen LogP contribution in [0.3, 0.4) is 0 Å². The third-order valence-corrected chi connectivity index (χ3v) is 4.78. The molecule has 1 aliphatic carbocycles. The van der Waals surface area contributed by atoms with E-state index in [2.05, 4.69) is 31.9 Å². The highest BCUT2D eigenvalue weighted by atomic mass is 35.5. The van der Waals surface area contributed by atoms with Gasteiger partial charge in [-0.05, 0) is 25.3 Å². The van der Waals surface area contributed by atoms with Crippen molar-refractivity contribution >= 4 is 23.2 Å². The van der Waals surface area contributed by atoms with Crippen LogP contribution in [0.5, 0.6) is 0 Å². The Morgan fingerprint density at radius 2 is 2.22 bits per heavy atom. The second-order valence-corrected chi connectivity index (χ2v) is 6.63. The van der Waals surface area contributed by atoms with Gasteiger partial charge in [-0.3, -0.25) is 9.39 Å². The summed E-state index contributed by atoms with van der Waals surface area (Å²) in [5.41, 5.74) is -0.740. The number of nitriles is 1. The van der Waals surface area contributed by atoms with Crippen LogP contribution in [0.25, 0.3) is 5.65 Å². The van der Waals surface area contributed by atoms with Gasteiger partial charge in [0.1, 0.15) is 0 Å². The van der Waals surface area contributed by atoms with E-state index in [0.29, 0.717) is 5.96 Å². The van der Waals surface area contributed by atoms with Crippen LogP contribution in [-0.2, 0) is 12.7 Å². The molecule has 0 aliphatic heterocycles. The molecule has 0 radical (unpaired) electrons. The van der Waals surface area contributed by atoms with Gasteiger partial charge in [0.25, 0.3) is 0 Å². The molecule has 11 heteroatoms. The van der Waals surface area contributed by atoms with Crippen molar-refractivity contribution < 1.29 is 13.2 Å². The molecule has 7 nitrogen and oxygen atoms in total. The zero-order valence-corrected chi connectivity index (χ0v) is 15.1. The van der Waals surface area contributed by atoms with Gasteiger partial charge in [-0.1, -0.05) is 11.6 Å². The fourth-order valence-electron chi connectivity index (χ4n) is 3.10. The van der Waals surface area contributed by atoms with E-state index >= 15 is 0 Å². The number of rotatable bonds is 3. The van der Waals surface area contributed by atoms with Gasteiger partial charge in [0.15, 0.2) is 17.4 Å². The molecule has 3 rings (SSSR count). The Morgan fingerprint density at radius 3 is 2.89 bits per heavy atom. The lowest BCUT2D eigenvalue weighted by molar-refractivity contribution is -0.137. The zero-order valence-electron chi connectivity index (χ0n) is 14.4. The number of guanidine groups is 1. The monoisotopic (exact) mass is 399 g/mol. The van der Waals surface area contributed by atoms with E-state index in [4.69, 9.17) is 16.9 Å². The van der Waals surface area contributed by atoms with Gasteiger partial charge in [0.05, 0.1) is 29.1 Å². The maximum atomic E-state index is 13.0. The lowest BCUT2D eigenvalue weighted by atomic mass is 10.1. The second kappa shape index (κ2) is 7.60. The molecule has 2 atom stereocenters. The Bertz CT molecular complexity index is 900. The first kappa shape index (κ1) is 19.2. The summed E-state index contributed by atoms with van der Waals surface area (Å²) in [6, 6.07) is 3.08. The molecule has 2 aromatic rings. The SMILES string of the molecule is CN=C(NCc1nnc2c(Cl)cc(C(F)(F)F)cn12)NC1CCCC1C#N. The summed E-state index contributed by atoms with van der Waals surface area (Å²) in [5, 5.41) is 23.0. The van der Waals surface area contributed by atoms with E-state index in [-0.39, 0.29) is 35.0 Å². The molecule has 2 heterocycles. The highest BCUT2D eigenvalue weighted by Crippen LogP contribution is 2.32. The molecule has 0 saturated heterocycles. The highest BCUT2D eigenvalue weighted by Gasteiger charge is 2.32. The molecule has 0 spiro atoms. The molecule has 2 N–H and O–H groups in total. The third-order valence-electron chi connectivity index (χ3n) is 4.50. The van der Waals surface area contributed by atoms with Gasteiger partial charge in [-0.2, -0.15) is 18.4 Å². The van der Waals surface area contributed by atoms with Gasteiger partial charge >= 0.3 is 6.18 Å². The number of fused-ring (bicyclic) bond motifs is 1. The maximum Gasteiger partial charge on any atom is 0.417 e. The second-order valence-electron chi connectivity index (χ2n) is 6.23. The fraction of sp³-hybridized carbons (Fsp3) is 0.500. The van der Waals surface area contributed by atoms with Crippen LogP contribution >= 0.6 is 11.6 Å². The average Bonchev–Trinajstić information content (AvgIpc) is 3.24. The van der Waals surface area contributed by atoms with Crippen molar-refractivity contribution in [3.8, 4) is 6.07 Å². The summed E-state index contributed by atoms with van der Waals surface area (Å²) < 4.78 is 40.3. The summed E-state index contributed by atoms with van der Waals surface area (Å²) in [4.78, 5) is 4.10. The predicted octanol–water partition coefficient (Wildman–Crippen LogP) is 2.76. The van der Waals surface area contributed by atoms with Gasteiger partial charge in [0, 0.05) is 19.3 Å². The minimum absolute atomic E-state index is 0.0115. The minimum Gasteiger partial charge on any atom is -0.352 e. The summed E-state index contributed by atoms with van der Waals surface area (Å²) in [6.45, 7) is 0.0857. The van der Waals surface area contributed by atoms with Crippen LogP contribution in [0, 0.1) is 17.2 Å². The Hall–Kier alpha value is -2.54. The first-order valence-corrected chi connectivity index (χ1v) is 8.68. The number of nitrogens with one attached hydrogen (secondary N) is 2. The number of aliphatic imine (C=N–C) groups is 1. The number of halogens is 4. The van der Waals surface area contributed by atoms with Crippen molar-refractivity contribution in [1.29, 1.82) is 5.26 Å². The molecule has 1 fully saturated rings. The van der Waals surface area contributed by atoms with Gasteiger partial charge in [-0.15, -0.1) is 10.2 Å². The number of alkyl halides is 3. The fourth-order valence-corrected chi connectivity index (χ4v) is 3.34. The zero-order chi connectivity index (χ0) is 19.6. The number of nitrogens with zero attached hydrogens (tertiary/aromatic N) is 5.